The highest BCUT2D eigenvalue weighted by Gasteiger charge is 2.40. The van der Waals surface area contributed by atoms with Gasteiger partial charge in [0.15, 0.2) is 0 Å². The predicted octanol–water partition coefficient (Wildman–Crippen LogP) is -0.0982. The van der Waals surface area contributed by atoms with E-state index in [4.69, 9.17) is 10.9 Å². The minimum absolute atomic E-state index is 0.187. The molecule has 1 aliphatic heterocycles. The van der Waals surface area contributed by atoms with Crippen molar-refractivity contribution in [3.05, 3.63) is 18.6 Å². The van der Waals surface area contributed by atoms with Crippen molar-refractivity contribution >= 4 is 28.7 Å². The number of hydrogen-bond donors (Lipinski definition) is 5. The number of fused-ring (bicyclic) bond motifs is 1. The van der Waals surface area contributed by atoms with Gasteiger partial charge in [0.1, 0.15) is 23.8 Å². The highest BCUT2D eigenvalue weighted by molar-refractivity contribution is 5.92. The minimum Gasteiger partial charge on any atom is -0.356 e. The first kappa shape index (κ1) is 19.1. The molecular weight excluding hydrogens is 350 g/mol. The predicted molar refractivity (Wildman–Crippen MR) is 99.0 cm³/mol. The van der Waals surface area contributed by atoms with E-state index in [1.54, 1.807) is 19.3 Å². The van der Waals surface area contributed by atoms with Crippen LogP contribution in [0.4, 0.5) is 5.82 Å². The Kier molecular flexibility index (Phi) is 5.29. The second kappa shape index (κ2) is 7.49. The summed E-state index contributed by atoms with van der Waals surface area (Å²) in [4.78, 5) is 38.2. The minimum atomic E-state index is -1.08. The Morgan fingerprint density at radius 1 is 1.33 bits per heavy atom. The maximum atomic E-state index is 12.7. The number of rotatable bonds is 5. The topological polar surface area (TPSA) is 149 Å². The number of nitrogens with one attached hydrogen (secondary N) is 3. The second-order valence-corrected chi connectivity index (χ2v) is 7.25. The zero-order chi connectivity index (χ0) is 19.6. The van der Waals surface area contributed by atoms with Crippen molar-refractivity contribution in [3.8, 4) is 0 Å². The van der Waals surface area contributed by atoms with Gasteiger partial charge in [-0.2, -0.15) is 0 Å². The van der Waals surface area contributed by atoms with Crippen LogP contribution >= 0.6 is 0 Å². The highest BCUT2D eigenvalue weighted by Crippen LogP contribution is 2.28. The van der Waals surface area contributed by atoms with E-state index in [-0.39, 0.29) is 11.8 Å². The van der Waals surface area contributed by atoms with Gasteiger partial charge in [-0.3, -0.25) is 14.8 Å². The van der Waals surface area contributed by atoms with Gasteiger partial charge >= 0.3 is 0 Å². The average Bonchev–Trinajstić information content (AvgIpc) is 3.14. The maximum absolute atomic E-state index is 12.7. The van der Waals surface area contributed by atoms with Gasteiger partial charge in [0.25, 0.3) is 5.91 Å². The number of hydrogen-bond acceptors (Lipinski definition) is 7. The second-order valence-electron chi connectivity index (χ2n) is 7.25. The fourth-order valence-electron chi connectivity index (χ4n) is 3.34. The lowest BCUT2D eigenvalue weighted by atomic mass is 9.86. The molecule has 0 aliphatic carbocycles. The number of anilines is 1. The van der Waals surface area contributed by atoms with E-state index in [9.17, 15) is 9.59 Å². The molecule has 3 heterocycles. The number of carbonyl (C=O) groups excluding carboxylic acids is 2. The molecule has 0 aromatic carbocycles. The lowest BCUT2D eigenvalue weighted by molar-refractivity contribution is -0.137. The normalized spacial score (nSPS) is 17.7. The molecule has 0 unspecified atom stereocenters. The van der Waals surface area contributed by atoms with Crippen molar-refractivity contribution in [2.75, 3.05) is 18.0 Å². The molecule has 10 nitrogen and oxygen atoms in total. The molecule has 1 saturated heterocycles. The summed E-state index contributed by atoms with van der Waals surface area (Å²) in [5.41, 5.74) is 7.63. The van der Waals surface area contributed by atoms with Crippen molar-refractivity contribution in [1.82, 2.24) is 25.7 Å². The zero-order valence-electron chi connectivity index (χ0n) is 15.4. The summed E-state index contributed by atoms with van der Waals surface area (Å²) in [5, 5.41) is 12.5. The molecule has 1 fully saturated rings. The number of H-pyrrole nitrogens is 1. The number of nitrogens with two attached hydrogens (primary N) is 1. The van der Waals surface area contributed by atoms with Crippen molar-refractivity contribution in [2.24, 2.45) is 11.7 Å². The third-order valence-corrected chi connectivity index (χ3v) is 5.09. The van der Waals surface area contributed by atoms with Gasteiger partial charge in [0, 0.05) is 19.3 Å². The third kappa shape index (κ3) is 3.71. The third-order valence-electron chi connectivity index (χ3n) is 5.09. The quantitative estimate of drug-likeness (QED) is 0.362. The molecule has 0 saturated carbocycles. The lowest BCUT2D eigenvalue weighted by Crippen LogP contribution is -2.63. The Bertz CT molecular complexity index is 827. The van der Waals surface area contributed by atoms with E-state index in [0.29, 0.717) is 25.9 Å². The van der Waals surface area contributed by atoms with Crippen LogP contribution in [0.2, 0.25) is 0 Å². The number of aromatic nitrogens is 3. The molecule has 0 bridgehead atoms. The van der Waals surface area contributed by atoms with Gasteiger partial charge < -0.3 is 20.9 Å². The summed E-state index contributed by atoms with van der Waals surface area (Å²) in [6, 6.07) is 1.07. The molecule has 27 heavy (non-hydrogen) atoms. The molecule has 10 heteroatoms. The largest absolute Gasteiger partial charge is 0.356 e. The van der Waals surface area contributed by atoms with Gasteiger partial charge in [-0.05, 0) is 24.8 Å². The Morgan fingerprint density at radius 3 is 2.67 bits per heavy atom. The van der Waals surface area contributed by atoms with Crippen molar-refractivity contribution in [1.29, 1.82) is 0 Å². The zero-order valence-corrected chi connectivity index (χ0v) is 15.4. The number of carbonyl (C=O) groups is 2. The summed E-state index contributed by atoms with van der Waals surface area (Å²) < 4.78 is 0. The van der Waals surface area contributed by atoms with E-state index >= 15 is 0 Å². The number of amides is 2. The molecule has 1 aliphatic rings. The summed E-state index contributed by atoms with van der Waals surface area (Å²) in [6.45, 7) is 4.67. The van der Waals surface area contributed by atoms with Crippen LogP contribution < -0.4 is 21.4 Å². The molecule has 1 atom stereocenters. The van der Waals surface area contributed by atoms with Gasteiger partial charge in [0.05, 0.1) is 10.9 Å². The SMILES string of the molecule is CC(C)[C@H](NC(=O)C1(N)CCN(c2ncnc3[nH]ccc23)CC1)C(=O)NO. The van der Waals surface area contributed by atoms with Crippen LogP contribution in [0.25, 0.3) is 11.0 Å². The monoisotopic (exact) mass is 375 g/mol. The summed E-state index contributed by atoms with van der Waals surface area (Å²) in [7, 11) is 0. The lowest BCUT2D eigenvalue weighted by Gasteiger charge is -2.39. The fraction of sp³-hybridized carbons (Fsp3) is 0.529. The van der Waals surface area contributed by atoms with Crippen LogP contribution in [-0.2, 0) is 9.59 Å². The molecule has 0 radical (unpaired) electrons. The van der Waals surface area contributed by atoms with Gasteiger partial charge in [-0.25, -0.2) is 15.4 Å². The Balaban J connectivity index is 1.69. The molecule has 3 rings (SSSR count). The van der Waals surface area contributed by atoms with Crippen molar-refractivity contribution < 1.29 is 14.8 Å². The molecule has 6 N–H and O–H groups in total. The van der Waals surface area contributed by atoms with Gasteiger partial charge in [-0.1, -0.05) is 13.8 Å². The molecule has 2 aromatic heterocycles. The van der Waals surface area contributed by atoms with Gasteiger partial charge in [0.2, 0.25) is 5.91 Å². The standard InChI is InChI=1S/C17H25N7O3/c1-10(2)12(15(25)23-27)22-16(26)17(18)4-7-24(8-5-17)14-11-3-6-19-13(11)20-9-21-14/h3,6,9-10,12,27H,4-5,7-8,18H2,1-2H3,(H,22,26)(H,23,25)(H,19,20,21)/t12-/m0/s1. The first-order valence-electron chi connectivity index (χ1n) is 8.92. The number of hydroxylamine groups is 1. The highest BCUT2D eigenvalue weighted by atomic mass is 16.5. The Hall–Kier alpha value is -2.72. The van der Waals surface area contributed by atoms with E-state index in [2.05, 4.69) is 25.2 Å². The van der Waals surface area contributed by atoms with Crippen molar-refractivity contribution in [2.45, 2.75) is 38.3 Å². The van der Waals surface area contributed by atoms with E-state index in [1.807, 2.05) is 12.3 Å². The summed E-state index contributed by atoms with van der Waals surface area (Å²) in [6.07, 6.45) is 4.15. The van der Waals surface area contributed by atoms with Crippen LogP contribution in [0.1, 0.15) is 26.7 Å². The Morgan fingerprint density at radius 2 is 2.04 bits per heavy atom. The molecular formula is C17H25N7O3. The maximum Gasteiger partial charge on any atom is 0.266 e. The first-order valence-corrected chi connectivity index (χ1v) is 8.92. The van der Waals surface area contributed by atoms with Crippen LogP contribution in [0.15, 0.2) is 18.6 Å². The molecule has 2 amide bonds. The first-order chi connectivity index (χ1) is 12.9. The van der Waals surface area contributed by atoms with Crippen LogP contribution in [0.3, 0.4) is 0 Å². The number of nitrogens with zero attached hydrogens (tertiary/aromatic N) is 3. The Labute approximate surface area is 156 Å². The molecule has 2 aromatic rings. The number of aromatic amines is 1. The van der Waals surface area contributed by atoms with Gasteiger partial charge in [-0.15, -0.1) is 0 Å². The molecule has 146 valence electrons. The number of piperidine rings is 1. The van der Waals surface area contributed by atoms with Crippen LogP contribution in [0.5, 0.6) is 0 Å². The molecule has 0 spiro atoms. The van der Waals surface area contributed by atoms with E-state index in [0.717, 1.165) is 16.9 Å². The smallest absolute Gasteiger partial charge is 0.266 e. The van der Waals surface area contributed by atoms with E-state index in [1.165, 1.54) is 6.33 Å². The summed E-state index contributed by atoms with van der Waals surface area (Å²) in [5.74, 6) is -0.426. The average molecular weight is 375 g/mol. The van der Waals surface area contributed by atoms with Crippen molar-refractivity contribution in [3.63, 3.8) is 0 Å². The van der Waals surface area contributed by atoms with Crippen LogP contribution in [0, 0.1) is 5.92 Å². The fourth-order valence-corrected chi connectivity index (χ4v) is 3.34. The van der Waals surface area contributed by atoms with E-state index < -0.39 is 17.5 Å². The summed E-state index contributed by atoms with van der Waals surface area (Å²) >= 11 is 0. The van der Waals surface area contributed by atoms with Crippen LogP contribution in [-0.4, -0.2) is 56.6 Å².